The van der Waals surface area contributed by atoms with Gasteiger partial charge in [0, 0.05) is 0 Å². The van der Waals surface area contributed by atoms with Crippen molar-refractivity contribution in [1.29, 1.82) is 0 Å². The molecule has 0 heteroatoms. The minimum Gasteiger partial charge on any atom is -0.0763 e. The van der Waals surface area contributed by atoms with Crippen molar-refractivity contribution in [2.24, 2.45) is 0 Å². The quantitative estimate of drug-likeness (QED) is 0.697. The summed E-state index contributed by atoms with van der Waals surface area (Å²) in [6.45, 7) is 4.30. The smallest absolute Gasteiger partial charge is 0.0151 e. The van der Waals surface area contributed by atoms with Gasteiger partial charge in [-0.2, -0.15) is 0 Å². The summed E-state index contributed by atoms with van der Waals surface area (Å²) < 4.78 is 0. The molecule has 0 nitrogen and oxygen atoms in total. The number of aryl methyl sites for hydroxylation is 1. The van der Waals surface area contributed by atoms with Gasteiger partial charge in [-0.05, 0) is 30.0 Å². The molecule has 0 bridgehead atoms. The van der Waals surface area contributed by atoms with Gasteiger partial charge in [-0.1, -0.05) is 73.2 Å². The molecule has 0 atom stereocenters. The standard InChI is InChI=1S/C17H18/c1-3-7-17(15-8-5-4-6-9-15)16-12-10-14(2)11-13-16/h4-13H,3H2,1-2H3/b17-7+. The van der Waals surface area contributed by atoms with Crippen molar-refractivity contribution in [3.05, 3.63) is 77.4 Å². The van der Waals surface area contributed by atoms with Gasteiger partial charge in [-0.25, -0.2) is 0 Å². The van der Waals surface area contributed by atoms with E-state index < -0.39 is 0 Å². The average Bonchev–Trinajstić information content (AvgIpc) is 2.38. The third-order valence-corrected chi connectivity index (χ3v) is 2.86. The molecule has 0 saturated heterocycles. The number of allylic oxidation sites excluding steroid dienone is 1. The Bertz CT molecular complexity index is 489. The first-order chi connectivity index (χ1) is 8.31. The van der Waals surface area contributed by atoms with Crippen molar-refractivity contribution < 1.29 is 0 Å². The van der Waals surface area contributed by atoms with Crippen LogP contribution < -0.4 is 0 Å². The Labute approximate surface area is 104 Å². The zero-order valence-corrected chi connectivity index (χ0v) is 10.5. The lowest BCUT2D eigenvalue weighted by Crippen LogP contribution is -1.88. The van der Waals surface area contributed by atoms with Crippen molar-refractivity contribution >= 4 is 5.57 Å². The molecule has 86 valence electrons. The molecule has 0 aliphatic carbocycles. The van der Waals surface area contributed by atoms with Gasteiger partial charge >= 0.3 is 0 Å². The molecule has 0 unspecified atom stereocenters. The van der Waals surface area contributed by atoms with Crippen molar-refractivity contribution in [2.45, 2.75) is 20.3 Å². The second kappa shape index (κ2) is 5.49. The van der Waals surface area contributed by atoms with Gasteiger partial charge in [0.25, 0.3) is 0 Å². The predicted molar refractivity (Wildman–Crippen MR) is 75.0 cm³/mol. The third kappa shape index (κ3) is 2.85. The van der Waals surface area contributed by atoms with Gasteiger partial charge in [-0.15, -0.1) is 0 Å². The maximum Gasteiger partial charge on any atom is -0.0151 e. The zero-order valence-electron chi connectivity index (χ0n) is 10.5. The molecule has 0 aliphatic heterocycles. The van der Waals surface area contributed by atoms with E-state index >= 15 is 0 Å². The summed E-state index contributed by atoms with van der Waals surface area (Å²) in [6.07, 6.45) is 3.35. The highest BCUT2D eigenvalue weighted by molar-refractivity contribution is 5.79. The fraction of sp³-hybridized carbons (Fsp3) is 0.176. The van der Waals surface area contributed by atoms with Gasteiger partial charge in [0.2, 0.25) is 0 Å². The summed E-state index contributed by atoms with van der Waals surface area (Å²) >= 11 is 0. The normalized spacial score (nSPS) is 11.5. The Hall–Kier alpha value is -1.82. The molecule has 2 rings (SSSR count). The third-order valence-electron chi connectivity index (χ3n) is 2.86. The van der Waals surface area contributed by atoms with Crippen molar-refractivity contribution in [3.63, 3.8) is 0 Å². The first-order valence-electron chi connectivity index (χ1n) is 6.14. The van der Waals surface area contributed by atoms with Crippen LogP contribution in [0.25, 0.3) is 5.57 Å². The molecule has 0 amide bonds. The SMILES string of the molecule is CC/C=C(\c1ccccc1)c1ccc(C)cc1. The Balaban J connectivity index is 2.44. The maximum absolute atomic E-state index is 2.29. The van der Waals surface area contributed by atoms with Crippen LogP contribution >= 0.6 is 0 Å². The van der Waals surface area contributed by atoms with Crippen LogP contribution in [0, 0.1) is 6.92 Å². The summed E-state index contributed by atoms with van der Waals surface area (Å²) in [5.74, 6) is 0. The molecule has 0 N–H and O–H groups in total. The average molecular weight is 222 g/mol. The zero-order chi connectivity index (χ0) is 12.1. The minimum absolute atomic E-state index is 1.05. The highest BCUT2D eigenvalue weighted by atomic mass is 14.1. The fourth-order valence-corrected chi connectivity index (χ4v) is 1.96. The van der Waals surface area contributed by atoms with E-state index in [9.17, 15) is 0 Å². The van der Waals surface area contributed by atoms with E-state index in [-0.39, 0.29) is 0 Å². The van der Waals surface area contributed by atoms with E-state index in [4.69, 9.17) is 0 Å². The minimum atomic E-state index is 1.05. The molecule has 0 aliphatic rings. The number of hydrogen-bond acceptors (Lipinski definition) is 0. The van der Waals surface area contributed by atoms with Crippen LogP contribution in [0.15, 0.2) is 60.7 Å². The van der Waals surface area contributed by atoms with Crippen LogP contribution in [0.3, 0.4) is 0 Å². The monoisotopic (exact) mass is 222 g/mol. The first kappa shape index (κ1) is 11.7. The summed E-state index contributed by atoms with van der Waals surface area (Å²) in [5, 5.41) is 0. The van der Waals surface area contributed by atoms with Crippen molar-refractivity contribution in [2.75, 3.05) is 0 Å². The van der Waals surface area contributed by atoms with Crippen LogP contribution in [0.1, 0.15) is 30.0 Å². The fourth-order valence-electron chi connectivity index (χ4n) is 1.96. The van der Waals surface area contributed by atoms with Crippen molar-refractivity contribution in [1.82, 2.24) is 0 Å². The molecule has 17 heavy (non-hydrogen) atoms. The lowest BCUT2D eigenvalue weighted by molar-refractivity contribution is 1.22. The highest BCUT2D eigenvalue weighted by Crippen LogP contribution is 2.24. The van der Waals surface area contributed by atoms with Gasteiger partial charge in [0.1, 0.15) is 0 Å². The van der Waals surface area contributed by atoms with Crippen LogP contribution in [0.4, 0.5) is 0 Å². The topological polar surface area (TPSA) is 0 Å². The molecular formula is C17H18. The second-order valence-corrected chi connectivity index (χ2v) is 4.26. The van der Waals surface area contributed by atoms with Crippen LogP contribution in [0.2, 0.25) is 0 Å². The largest absolute Gasteiger partial charge is 0.0763 e. The van der Waals surface area contributed by atoms with Crippen LogP contribution in [-0.2, 0) is 0 Å². The number of benzene rings is 2. The van der Waals surface area contributed by atoms with E-state index in [0.717, 1.165) is 6.42 Å². The molecule has 0 spiro atoms. The summed E-state index contributed by atoms with van der Waals surface area (Å²) in [7, 11) is 0. The lowest BCUT2D eigenvalue weighted by Gasteiger charge is -2.08. The number of rotatable bonds is 3. The molecule has 0 saturated carbocycles. The maximum atomic E-state index is 2.29. The van der Waals surface area contributed by atoms with E-state index in [1.54, 1.807) is 0 Å². The van der Waals surface area contributed by atoms with Crippen LogP contribution in [0.5, 0.6) is 0 Å². The van der Waals surface area contributed by atoms with Gasteiger partial charge in [-0.3, -0.25) is 0 Å². The van der Waals surface area contributed by atoms with E-state index in [2.05, 4.69) is 74.5 Å². The molecule has 2 aromatic carbocycles. The Morgan fingerprint density at radius 2 is 1.47 bits per heavy atom. The Morgan fingerprint density at radius 3 is 2.06 bits per heavy atom. The molecule has 0 fully saturated rings. The van der Waals surface area contributed by atoms with Crippen molar-refractivity contribution in [3.8, 4) is 0 Å². The number of hydrogen-bond donors (Lipinski definition) is 0. The van der Waals surface area contributed by atoms with E-state index in [0.29, 0.717) is 0 Å². The highest BCUT2D eigenvalue weighted by Gasteiger charge is 2.03. The summed E-state index contributed by atoms with van der Waals surface area (Å²) in [5.41, 5.74) is 5.22. The first-order valence-corrected chi connectivity index (χ1v) is 6.14. The Morgan fingerprint density at radius 1 is 0.882 bits per heavy atom. The predicted octanol–water partition coefficient (Wildman–Crippen LogP) is 4.84. The van der Waals surface area contributed by atoms with Gasteiger partial charge < -0.3 is 0 Å². The molecule has 0 radical (unpaired) electrons. The van der Waals surface area contributed by atoms with E-state index in [1.165, 1.54) is 22.3 Å². The Kier molecular flexibility index (Phi) is 3.77. The molecule has 0 aromatic heterocycles. The van der Waals surface area contributed by atoms with Crippen LogP contribution in [-0.4, -0.2) is 0 Å². The second-order valence-electron chi connectivity index (χ2n) is 4.26. The molecule has 2 aromatic rings. The lowest BCUT2D eigenvalue weighted by atomic mass is 9.96. The van der Waals surface area contributed by atoms with Gasteiger partial charge in [0.15, 0.2) is 0 Å². The van der Waals surface area contributed by atoms with E-state index in [1.807, 2.05) is 0 Å². The summed E-state index contributed by atoms with van der Waals surface area (Å²) in [6, 6.07) is 19.3. The van der Waals surface area contributed by atoms with Gasteiger partial charge in [0.05, 0.1) is 0 Å². The molecule has 0 heterocycles. The molecular weight excluding hydrogens is 204 g/mol. The summed E-state index contributed by atoms with van der Waals surface area (Å²) in [4.78, 5) is 0.